The Labute approximate surface area is 174 Å². The van der Waals surface area contributed by atoms with E-state index in [1.807, 2.05) is 60.7 Å². The van der Waals surface area contributed by atoms with Gasteiger partial charge in [-0.15, -0.1) is 0 Å². The molecule has 0 spiro atoms. The van der Waals surface area contributed by atoms with Crippen molar-refractivity contribution in [3.05, 3.63) is 71.8 Å². The lowest BCUT2D eigenvalue weighted by molar-refractivity contribution is 0.0559. The second-order valence-electron chi connectivity index (χ2n) is 6.61. The van der Waals surface area contributed by atoms with Crippen LogP contribution < -0.4 is 0 Å². The van der Waals surface area contributed by atoms with Crippen molar-refractivity contribution in [1.82, 2.24) is 9.80 Å². The molecule has 1 aliphatic carbocycles. The van der Waals surface area contributed by atoms with Crippen LogP contribution in [0.2, 0.25) is 0 Å². The van der Waals surface area contributed by atoms with Crippen molar-refractivity contribution in [3.8, 4) is 0 Å². The highest BCUT2D eigenvalue weighted by molar-refractivity contribution is 5.24. The fourth-order valence-corrected chi connectivity index (χ4v) is 3.63. The maximum absolute atomic E-state index is 9.04. The van der Waals surface area contributed by atoms with Crippen molar-refractivity contribution in [2.45, 2.75) is 50.3 Å². The molecule has 138 valence electrons. The van der Waals surface area contributed by atoms with Crippen LogP contribution in [-0.2, 0) is 6.42 Å². The minimum Gasteiger partial charge on any atom is -0.298 e. The SMILES string of the molecule is [2H]C1([2H])C([2H])([2H])C([2H])([2H])C([2H])(N2CCN(C(Cc3ccccc3)c3ccccc3)CC2)C([2H])([2H])C1([2H])[2H]. The molecule has 0 amide bonds. The van der Waals surface area contributed by atoms with Gasteiger partial charge in [-0.2, -0.15) is 0 Å². The van der Waals surface area contributed by atoms with Crippen LogP contribution in [0.5, 0.6) is 0 Å². The van der Waals surface area contributed by atoms with Crippen molar-refractivity contribution in [3.63, 3.8) is 0 Å². The van der Waals surface area contributed by atoms with Crippen LogP contribution in [0, 0.1) is 0 Å². The van der Waals surface area contributed by atoms with Gasteiger partial charge < -0.3 is 0 Å². The van der Waals surface area contributed by atoms with Gasteiger partial charge in [0.25, 0.3) is 0 Å². The molecule has 1 saturated carbocycles. The standard InChI is InChI=1S/C24H32N2/c1-4-10-21(11-5-1)20-24(22-12-6-2-7-13-22)26-18-16-25(17-19-26)23-14-8-3-9-15-23/h1-2,4-7,10-13,23-24H,3,8-9,14-20H2/i3D2,8D2,9D2,14D2,15D2,23D. The summed E-state index contributed by atoms with van der Waals surface area (Å²) in [7, 11) is 0. The Bertz CT molecular complexity index is 1050. The van der Waals surface area contributed by atoms with Crippen LogP contribution in [-0.4, -0.2) is 42.0 Å². The summed E-state index contributed by atoms with van der Waals surface area (Å²) in [6, 6.07) is 16.8. The second kappa shape index (κ2) is 8.83. The highest BCUT2D eigenvalue weighted by Gasteiger charge is 2.29. The number of benzene rings is 2. The molecule has 2 fully saturated rings. The number of hydrogen-bond acceptors (Lipinski definition) is 2. The molecule has 1 atom stereocenters. The summed E-state index contributed by atoms with van der Waals surface area (Å²) in [5.74, 6) is 0. The third-order valence-electron chi connectivity index (χ3n) is 5.01. The van der Waals surface area contributed by atoms with Crippen LogP contribution >= 0.6 is 0 Å². The first-order valence-electron chi connectivity index (χ1n) is 14.6. The van der Waals surface area contributed by atoms with Crippen molar-refractivity contribution in [2.75, 3.05) is 26.2 Å². The zero-order valence-electron chi connectivity index (χ0n) is 25.8. The molecule has 2 aromatic rings. The zero-order chi connectivity index (χ0) is 27.5. The van der Waals surface area contributed by atoms with Gasteiger partial charge in [-0.05, 0) is 30.3 Å². The lowest BCUT2D eigenvalue weighted by atomic mass is 9.93. The van der Waals surface area contributed by atoms with Crippen molar-refractivity contribution >= 4 is 0 Å². The van der Waals surface area contributed by atoms with Gasteiger partial charge in [-0.1, -0.05) is 79.8 Å². The smallest absolute Gasteiger partial charge is 0.0467 e. The van der Waals surface area contributed by atoms with E-state index in [1.54, 1.807) is 0 Å². The molecule has 2 nitrogen and oxygen atoms in total. The first kappa shape index (κ1) is 9.03. The normalized spacial score (nSPS) is 38.7. The predicted octanol–water partition coefficient (Wildman–Crippen LogP) is 4.92. The van der Waals surface area contributed by atoms with E-state index in [0.29, 0.717) is 19.5 Å². The minimum atomic E-state index is -3.51. The first-order chi connectivity index (χ1) is 17.0. The molecule has 1 unspecified atom stereocenters. The Morgan fingerprint density at radius 3 is 2.12 bits per heavy atom. The van der Waals surface area contributed by atoms with Gasteiger partial charge in [0.2, 0.25) is 0 Å². The monoisotopic (exact) mass is 359 g/mol. The molecule has 2 aromatic carbocycles. The topological polar surface area (TPSA) is 6.48 Å². The summed E-state index contributed by atoms with van der Waals surface area (Å²) in [4.78, 5) is 3.33. The third-order valence-corrected chi connectivity index (χ3v) is 5.01. The Kier molecular flexibility index (Phi) is 3.07. The van der Waals surface area contributed by atoms with E-state index in [2.05, 4.69) is 4.90 Å². The van der Waals surface area contributed by atoms with Crippen LogP contribution in [0.3, 0.4) is 0 Å². The Morgan fingerprint density at radius 2 is 1.46 bits per heavy atom. The molecule has 4 rings (SSSR count). The molecule has 2 aliphatic rings. The molecule has 1 saturated heterocycles. The fraction of sp³-hybridized carbons (Fsp3) is 0.500. The molecule has 1 heterocycles. The van der Waals surface area contributed by atoms with Gasteiger partial charge in [0, 0.05) is 53.3 Å². The second-order valence-corrected chi connectivity index (χ2v) is 6.61. The molecule has 2 heteroatoms. The summed E-state index contributed by atoms with van der Waals surface area (Å²) in [5.41, 5.74) is 2.20. The van der Waals surface area contributed by atoms with Crippen LogP contribution in [0.4, 0.5) is 0 Å². The molecule has 0 N–H and O–H groups in total. The maximum atomic E-state index is 9.04. The molecule has 0 aromatic heterocycles. The van der Waals surface area contributed by atoms with Crippen molar-refractivity contribution in [2.24, 2.45) is 0 Å². The van der Waals surface area contributed by atoms with Gasteiger partial charge in [0.05, 0.1) is 0 Å². The lowest BCUT2D eigenvalue weighted by Crippen LogP contribution is -2.51. The summed E-state index contributed by atoms with van der Waals surface area (Å²) in [5, 5.41) is 0. The molecule has 26 heavy (non-hydrogen) atoms. The Hall–Kier alpha value is -1.64. The molecular weight excluding hydrogens is 316 g/mol. The predicted molar refractivity (Wildman–Crippen MR) is 109 cm³/mol. The summed E-state index contributed by atoms with van der Waals surface area (Å²) < 4.78 is 92.2. The van der Waals surface area contributed by atoms with Crippen molar-refractivity contribution < 1.29 is 15.1 Å². The average molecular weight is 360 g/mol. The largest absolute Gasteiger partial charge is 0.298 e. The zero-order valence-corrected chi connectivity index (χ0v) is 14.8. The summed E-state index contributed by atoms with van der Waals surface area (Å²) >= 11 is 0. The Morgan fingerprint density at radius 1 is 0.846 bits per heavy atom. The van der Waals surface area contributed by atoms with E-state index in [-0.39, 0.29) is 19.1 Å². The first-order valence-corrected chi connectivity index (χ1v) is 9.12. The van der Waals surface area contributed by atoms with Crippen molar-refractivity contribution in [1.29, 1.82) is 0 Å². The quantitative estimate of drug-likeness (QED) is 0.747. The van der Waals surface area contributed by atoms with Gasteiger partial charge in [-0.3, -0.25) is 9.80 Å². The highest BCUT2D eigenvalue weighted by atomic mass is 15.3. The Balaban J connectivity index is 1.65. The summed E-state index contributed by atoms with van der Waals surface area (Å²) in [6.45, 7) is 0.627. The van der Waals surface area contributed by atoms with Gasteiger partial charge in [-0.25, -0.2) is 0 Å². The molecule has 1 aliphatic heterocycles. The van der Waals surface area contributed by atoms with Gasteiger partial charge in [0.1, 0.15) is 0 Å². The molecule has 0 bridgehead atoms. The van der Waals surface area contributed by atoms with Crippen LogP contribution in [0.1, 0.15) is 64.1 Å². The lowest BCUT2D eigenvalue weighted by Gasteiger charge is -2.43. The third kappa shape index (κ3) is 4.36. The van der Waals surface area contributed by atoms with Crippen LogP contribution in [0.15, 0.2) is 60.7 Å². The number of nitrogens with zero attached hydrogens (tertiary/aromatic N) is 2. The summed E-state index contributed by atoms with van der Waals surface area (Å²) in [6.07, 6.45) is -16.5. The number of hydrogen-bond donors (Lipinski definition) is 0. The van der Waals surface area contributed by atoms with Crippen LogP contribution in [0.25, 0.3) is 0 Å². The van der Waals surface area contributed by atoms with E-state index in [1.165, 1.54) is 4.90 Å². The maximum Gasteiger partial charge on any atom is 0.0467 e. The van der Waals surface area contributed by atoms with Gasteiger partial charge in [0.15, 0.2) is 0 Å². The minimum absolute atomic E-state index is 0.00416. The van der Waals surface area contributed by atoms with E-state index < -0.39 is 37.9 Å². The molecule has 0 radical (unpaired) electrons. The highest BCUT2D eigenvalue weighted by Crippen LogP contribution is 2.29. The number of piperazine rings is 1. The van der Waals surface area contributed by atoms with Gasteiger partial charge >= 0.3 is 0 Å². The van der Waals surface area contributed by atoms with E-state index >= 15 is 0 Å². The molecular formula is C24H32N2. The fourth-order valence-electron chi connectivity index (χ4n) is 3.63. The van der Waals surface area contributed by atoms with E-state index in [4.69, 9.17) is 15.1 Å². The number of rotatable bonds is 5. The van der Waals surface area contributed by atoms with E-state index in [9.17, 15) is 0 Å². The average Bonchev–Trinajstić information content (AvgIpc) is 2.87. The van der Waals surface area contributed by atoms with E-state index in [0.717, 1.165) is 11.1 Å².